The molecule has 1 heteroatoms. The fraction of sp³-hybridized carbons (Fsp3) is 0.682. The molecular weight excluding hydrogens is 280 g/mol. The topological polar surface area (TPSA) is 17.1 Å². The molecule has 0 N–H and O–H groups in total. The molecule has 0 spiro atoms. The molecule has 0 fully saturated rings. The van der Waals surface area contributed by atoms with E-state index in [0.717, 1.165) is 19.3 Å². The molecule has 0 aliphatic heterocycles. The Labute approximate surface area is 144 Å². The average Bonchev–Trinajstić information content (AvgIpc) is 2.54. The van der Waals surface area contributed by atoms with E-state index in [0.29, 0.717) is 5.92 Å². The minimum Gasteiger partial charge on any atom is -0.295 e. The van der Waals surface area contributed by atoms with Crippen molar-refractivity contribution in [1.29, 1.82) is 0 Å². The Kier molecular flexibility index (Phi) is 16.4. The van der Waals surface area contributed by atoms with Crippen LogP contribution in [0.2, 0.25) is 0 Å². The zero-order valence-corrected chi connectivity index (χ0v) is 15.6. The Hall–Kier alpha value is -1.11. The van der Waals surface area contributed by atoms with Gasteiger partial charge < -0.3 is 0 Å². The monoisotopic (exact) mass is 318 g/mol. The SMILES string of the molecule is C=CCCCCCC(CCC)CC(=O)C=CC=CCCCCC. The quantitative estimate of drug-likeness (QED) is 0.127. The van der Waals surface area contributed by atoms with Gasteiger partial charge in [-0.25, -0.2) is 0 Å². The summed E-state index contributed by atoms with van der Waals surface area (Å²) in [5.74, 6) is 0.849. The molecule has 0 heterocycles. The molecule has 132 valence electrons. The molecule has 0 aromatic heterocycles. The van der Waals surface area contributed by atoms with Crippen LogP contribution in [0.15, 0.2) is 37.0 Å². The van der Waals surface area contributed by atoms with Crippen LogP contribution in [-0.4, -0.2) is 5.78 Å². The lowest BCUT2D eigenvalue weighted by Gasteiger charge is -2.14. The molecule has 0 aliphatic carbocycles. The Morgan fingerprint density at radius 3 is 2.39 bits per heavy atom. The van der Waals surface area contributed by atoms with Crippen LogP contribution in [0.3, 0.4) is 0 Å². The van der Waals surface area contributed by atoms with E-state index in [4.69, 9.17) is 0 Å². The molecule has 0 amide bonds. The first-order valence-corrected chi connectivity index (χ1v) is 9.71. The highest BCUT2D eigenvalue weighted by Crippen LogP contribution is 2.20. The lowest BCUT2D eigenvalue weighted by Crippen LogP contribution is -2.06. The molecule has 1 nitrogen and oxygen atoms in total. The molecule has 0 aromatic carbocycles. The van der Waals surface area contributed by atoms with Gasteiger partial charge in [-0.05, 0) is 37.7 Å². The van der Waals surface area contributed by atoms with Gasteiger partial charge in [0.25, 0.3) is 0 Å². The van der Waals surface area contributed by atoms with Gasteiger partial charge in [-0.2, -0.15) is 0 Å². The van der Waals surface area contributed by atoms with Gasteiger partial charge in [-0.15, -0.1) is 6.58 Å². The molecular formula is C22H38O. The molecule has 23 heavy (non-hydrogen) atoms. The highest BCUT2D eigenvalue weighted by atomic mass is 16.1. The minimum absolute atomic E-state index is 0.285. The number of ketones is 1. The van der Waals surface area contributed by atoms with Crippen molar-refractivity contribution in [2.75, 3.05) is 0 Å². The van der Waals surface area contributed by atoms with Gasteiger partial charge in [0, 0.05) is 6.42 Å². The Balaban J connectivity index is 3.96. The number of carbonyl (C=O) groups is 1. The van der Waals surface area contributed by atoms with Crippen molar-refractivity contribution in [2.45, 2.75) is 90.9 Å². The summed E-state index contributed by atoms with van der Waals surface area (Å²) in [6.07, 6.45) is 23.9. The van der Waals surface area contributed by atoms with E-state index in [1.807, 2.05) is 18.2 Å². The molecule has 0 saturated heterocycles. The first-order valence-electron chi connectivity index (χ1n) is 9.71. The van der Waals surface area contributed by atoms with Crippen molar-refractivity contribution in [3.63, 3.8) is 0 Å². The van der Waals surface area contributed by atoms with E-state index in [2.05, 4.69) is 26.5 Å². The third kappa shape index (κ3) is 15.6. The highest BCUT2D eigenvalue weighted by molar-refractivity contribution is 5.90. The van der Waals surface area contributed by atoms with Crippen molar-refractivity contribution < 1.29 is 4.79 Å². The standard InChI is InChI=1S/C22H38O/c1-4-7-9-11-12-14-16-19-22(23)20-21(17-6-3)18-15-13-10-8-5-2/h5,12,14,16,19,21H,2,4,6-11,13,15,17-18,20H2,1,3H3. The predicted octanol–water partition coefficient (Wildman–Crippen LogP) is 7.19. The van der Waals surface area contributed by atoms with Crippen molar-refractivity contribution in [1.82, 2.24) is 0 Å². The van der Waals surface area contributed by atoms with E-state index in [9.17, 15) is 4.79 Å². The van der Waals surface area contributed by atoms with Crippen LogP contribution < -0.4 is 0 Å². The lowest BCUT2D eigenvalue weighted by molar-refractivity contribution is -0.115. The first kappa shape index (κ1) is 21.9. The van der Waals surface area contributed by atoms with E-state index in [-0.39, 0.29) is 5.78 Å². The van der Waals surface area contributed by atoms with Crippen molar-refractivity contribution in [3.8, 4) is 0 Å². The van der Waals surface area contributed by atoms with Crippen LogP contribution in [0.25, 0.3) is 0 Å². The summed E-state index contributed by atoms with van der Waals surface area (Å²) in [6, 6.07) is 0. The van der Waals surface area contributed by atoms with Crippen LogP contribution >= 0.6 is 0 Å². The van der Waals surface area contributed by atoms with Crippen LogP contribution in [0.1, 0.15) is 90.9 Å². The van der Waals surface area contributed by atoms with Gasteiger partial charge >= 0.3 is 0 Å². The van der Waals surface area contributed by atoms with Crippen molar-refractivity contribution >= 4 is 5.78 Å². The van der Waals surface area contributed by atoms with Crippen LogP contribution in [0.4, 0.5) is 0 Å². The first-order chi connectivity index (χ1) is 11.2. The highest BCUT2D eigenvalue weighted by Gasteiger charge is 2.11. The average molecular weight is 319 g/mol. The molecule has 0 aliphatic rings. The van der Waals surface area contributed by atoms with Crippen molar-refractivity contribution in [2.24, 2.45) is 5.92 Å². The fourth-order valence-electron chi connectivity index (χ4n) is 2.86. The number of allylic oxidation sites excluding steroid dienone is 5. The maximum Gasteiger partial charge on any atom is 0.155 e. The fourth-order valence-corrected chi connectivity index (χ4v) is 2.86. The summed E-state index contributed by atoms with van der Waals surface area (Å²) < 4.78 is 0. The number of carbonyl (C=O) groups excluding carboxylic acids is 1. The minimum atomic E-state index is 0.285. The van der Waals surface area contributed by atoms with Crippen LogP contribution in [0.5, 0.6) is 0 Å². The zero-order chi connectivity index (χ0) is 17.2. The molecule has 0 radical (unpaired) electrons. The molecule has 1 atom stereocenters. The lowest BCUT2D eigenvalue weighted by atomic mass is 9.91. The number of unbranched alkanes of at least 4 members (excludes halogenated alkanes) is 6. The van der Waals surface area contributed by atoms with Crippen LogP contribution in [0, 0.1) is 5.92 Å². The number of rotatable bonds is 16. The van der Waals surface area contributed by atoms with Gasteiger partial charge in [-0.3, -0.25) is 4.79 Å². The van der Waals surface area contributed by atoms with Crippen LogP contribution in [-0.2, 0) is 4.79 Å². The normalized spacial score (nSPS) is 13.0. The van der Waals surface area contributed by atoms with Gasteiger partial charge in [-0.1, -0.05) is 83.1 Å². The largest absolute Gasteiger partial charge is 0.295 e. The second-order valence-corrected chi connectivity index (χ2v) is 6.53. The number of hydrogen-bond acceptors (Lipinski definition) is 1. The van der Waals surface area contributed by atoms with E-state index in [1.165, 1.54) is 57.8 Å². The summed E-state index contributed by atoms with van der Waals surface area (Å²) in [4.78, 5) is 12.1. The maximum absolute atomic E-state index is 12.1. The van der Waals surface area contributed by atoms with E-state index < -0.39 is 0 Å². The van der Waals surface area contributed by atoms with E-state index >= 15 is 0 Å². The molecule has 0 saturated carbocycles. The summed E-state index contributed by atoms with van der Waals surface area (Å²) >= 11 is 0. The van der Waals surface area contributed by atoms with Gasteiger partial charge in [0.05, 0.1) is 0 Å². The Morgan fingerprint density at radius 1 is 0.913 bits per heavy atom. The summed E-state index contributed by atoms with van der Waals surface area (Å²) in [6.45, 7) is 8.19. The van der Waals surface area contributed by atoms with Gasteiger partial charge in [0.1, 0.15) is 0 Å². The second-order valence-electron chi connectivity index (χ2n) is 6.53. The molecule has 0 rings (SSSR count). The third-order valence-corrected chi connectivity index (χ3v) is 4.21. The van der Waals surface area contributed by atoms with Gasteiger partial charge in [0.15, 0.2) is 5.78 Å². The summed E-state index contributed by atoms with van der Waals surface area (Å²) in [5.41, 5.74) is 0. The molecule has 0 aromatic rings. The summed E-state index contributed by atoms with van der Waals surface area (Å²) in [5, 5.41) is 0. The molecule has 1 unspecified atom stereocenters. The Morgan fingerprint density at radius 2 is 1.70 bits per heavy atom. The maximum atomic E-state index is 12.1. The number of hydrogen-bond donors (Lipinski definition) is 0. The zero-order valence-electron chi connectivity index (χ0n) is 15.6. The van der Waals surface area contributed by atoms with Crippen molar-refractivity contribution in [3.05, 3.63) is 37.0 Å². The third-order valence-electron chi connectivity index (χ3n) is 4.21. The Bertz CT molecular complexity index is 338. The van der Waals surface area contributed by atoms with Gasteiger partial charge in [0.2, 0.25) is 0 Å². The second kappa shape index (κ2) is 17.2. The van der Waals surface area contributed by atoms with E-state index in [1.54, 1.807) is 6.08 Å². The predicted molar refractivity (Wildman–Crippen MR) is 104 cm³/mol. The molecule has 0 bridgehead atoms. The smallest absolute Gasteiger partial charge is 0.155 e. The summed E-state index contributed by atoms with van der Waals surface area (Å²) in [7, 11) is 0.